The predicted molar refractivity (Wildman–Crippen MR) is 125 cm³/mol. The van der Waals surface area contributed by atoms with Gasteiger partial charge in [0.25, 0.3) is 5.91 Å². The first-order valence-corrected chi connectivity index (χ1v) is 11.3. The maximum atomic E-state index is 15.7. The number of ether oxygens (including phenoxy) is 2. The molecular formula is C26H24ClFN2O3. The zero-order valence-corrected chi connectivity index (χ0v) is 18.9. The monoisotopic (exact) mass is 466 g/mol. The molecule has 0 saturated heterocycles. The van der Waals surface area contributed by atoms with Crippen LogP contribution in [0, 0.1) is 5.82 Å². The van der Waals surface area contributed by atoms with Gasteiger partial charge in [-0.25, -0.2) is 4.39 Å². The molecule has 1 aliphatic carbocycles. The van der Waals surface area contributed by atoms with E-state index in [1.807, 2.05) is 30.3 Å². The second-order valence-electron chi connectivity index (χ2n) is 8.49. The summed E-state index contributed by atoms with van der Waals surface area (Å²) in [7, 11) is 1.39. The normalized spacial score (nSPS) is 19.0. The van der Waals surface area contributed by atoms with Crippen molar-refractivity contribution in [3.8, 4) is 22.6 Å². The van der Waals surface area contributed by atoms with Crippen LogP contribution < -0.4 is 20.5 Å². The molecule has 3 aromatic rings. The van der Waals surface area contributed by atoms with Crippen LogP contribution in [0.25, 0.3) is 11.1 Å². The van der Waals surface area contributed by atoms with Crippen LogP contribution in [0.4, 0.5) is 4.39 Å². The van der Waals surface area contributed by atoms with E-state index in [9.17, 15) is 4.79 Å². The molecule has 170 valence electrons. The van der Waals surface area contributed by atoms with Crippen LogP contribution in [0.3, 0.4) is 0 Å². The molecule has 0 spiro atoms. The number of hydrogen-bond donors (Lipinski definition) is 2. The maximum Gasteiger partial charge on any atom is 0.252 e. The number of carbonyl (C=O) groups excluding carboxylic acids is 1. The first-order valence-electron chi connectivity index (χ1n) is 10.9. The number of nitrogens with one attached hydrogen (secondary N) is 1. The number of methoxy groups -OCH3 is 1. The average molecular weight is 467 g/mol. The van der Waals surface area contributed by atoms with E-state index in [-0.39, 0.29) is 35.4 Å². The van der Waals surface area contributed by atoms with E-state index in [4.69, 9.17) is 26.8 Å². The summed E-state index contributed by atoms with van der Waals surface area (Å²) < 4.78 is 27.4. The van der Waals surface area contributed by atoms with Gasteiger partial charge in [-0.05, 0) is 42.7 Å². The summed E-state index contributed by atoms with van der Waals surface area (Å²) in [5.41, 5.74) is 7.78. The van der Waals surface area contributed by atoms with Crippen molar-refractivity contribution in [2.45, 2.75) is 30.9 Å². The molecule has 3 aromatic carbocycles. The Labute approximate surface area is 196 Å². The number of halogens is 2. The quantitative estimate of drug-likeness (QED) is 0.545. The maximum absolute atomic E-state index is 15.7. The molecule has 2 aliphatic rings. The molecule has 7 heteroatoms. The third-order valence-electron chi connectivity index (χ3n) is 6.35. The standard InChI is InChI=1S/C26H24ClFN2O3/c1-32-21-11-9-17(25(31)30-16-7-8-16)23(24(21)28)22-18-13-26(14-29,15-5-3-2-4-6-15)33-20(18)12-10-19(22)27/h2-6,9-12,16H,7-8,13-14,29H2,1H3,(H,30,31)/t26-/m1/s1. The van der Waals surface area contributed by atoms with Gasteiger partial charge in [0.2, 0.25) is 0 Å². The minimum Gasteiger partial charge on any atom is -0.494 e. The lowest BCUT2D eigenvalue weighted by Gasteiger charge is -2.27. The summed E-state index contributed by atoms with van der Waals surface area (Å²) in [6, 6.07) is 16.3. The zero-order chi connectivity index (χ0) is 23.2. The highest BCUT2D eigenvalue weighted by Crippen LogP contribution is 2.49. The van der Waals surface area contributed by atoms with Crippen molar-refractivity contribution >= 4 is 17.5 Å². The highest BCUT2D eigenvalue weighted by molar-refractivity contribution is 6.34. The van der Waals surface area contributed by atoms with Crippen molar-refractivity contribution < 1.29 is 18.7 Å². The third kappa shape index (κ3) is 3.73. The molecule has 33 heavy (non-hydrogen) atoms. The molecule has 1 atom stereocenters. The lowest BCUT2D eigenvalue weighted by Crippen LogP contribution is -2.39. The molecular weight excluding hydrogens is 443 g/mol. The van der Waals surface area contributed by atoms with Crippen molar-refractivity contribution in [2.75, 3.05) is 13.7 Å². The van der Waals surface area contributed by atoms with E-state index < -0.39 is 11.4 Å². The molecule has 0 aromatic heterocycles. The van der Waals surface area contributed by atoms with Gasteiger partial charge < -0.3 is 20.5 Å². The van der Waals surface area contributed by atoms with E-state index in [2.05, 4.69) is 5.32 Å². The van der Waals surface area contributed by atoms with Gasteiger partial charge in [0.05, 0.1) is 12.7 Å². The minimum absolute atomic E-state index is 0.0358. The van der Waals surface area contributed by atoms with E-state index >= 15 is 4.39 Å². The van der Waals surface area contributed by atoms with Gasteiger partial charge in [-0.15, -0.1) is 0 Å². The average Bonchev–Trinajstić information content (AvgIpc) is 3.56. The molecule has 1 heterocycles. The van der Waals surface area contributed by atoms with Crippen LogP contribution in [0.5, 0.6) is 11.5 Å². The second-order valence-corrected chi connectivity index (χ2v) is 8.90. The number of benzene rings is 3. The van der Waals surface area contributed by atoms with Gasteiger partial charge in [-0.1, -0.05) is 41.9 Å². The summed E-state index contributed by atoms with van der Waals surface area (Å²) >= 11 is 6.66. The van der Waals surface area contributed by atoms with E-state index in [1.165, 1.54) is 13.2 Å². The smallest absolute Gasteiger partial charge is 0.252 e. The third-order valence-corrected chi connectivity index (χ3v) is 6.66. The number of rotatable bonds is 6. The topological polar surface area (TPSA) is 73.6 Å². The highest BCUT2D eigenvalue weighted by Gasteiger charge is 2.42. The first kappa shape index (κ1) is 21.7. The van der Waals surface area contributed by atoms with Crippen molar-refractivity contribution in [1.29, 1.82) is 0 Å². The summed E-state index contributed by atoms with van der Waals surface area (Å²) in [5, 5.41) is 3.27. The van der Waals surface area contributed by atoms with Crippen LogP contribution in [0.2, 0.25) is 5.02 Å². The van der Waals surface area contributed by atoms with Crippen LogP contribution >= 0.6 is 11.6 Å². The summed E-state index contributed by atoms with van der Waals surface area (Å²) in [6.45, 7) is 0.221. The number of nitrogens with two attached hydrogens (primary N) is 1. The van der Waals surface area contributed by atoms with Gasteiger partial charge >= 0.3 is 0 Å². The molecule has 0 bridgehead atoms. The zero-order valence-electron chi connectivity index (χ0n) is 18.2. The Kier molecular flexibility index (Phi) is 5.51. The van der Waals surface area contributed by atoms with Gasteiger partial charge in [-0.3, -0.25) is 4.79 Å². The second kappa shape index (κ2) is 8.36. The molecule has 0 unspecified atom stereocenters. The van der Waals surface area contributed by atoms with Crippen molar-refractivity contribution in [2.24, 2.45) is 5.73 Å². The Bertz CT molecular complexity index is 1230. The Morgan fingerprint density at radius 2 is 1.94 bits per heavy atom. The fraction of sp³-hybridized carbons (Fsp3) is 0.269. The Balaban J connectivity index is 1.69. The van der Waals surface area contributed by atoms with Crippen LogP contribution in [0.1, 0.15) is 34.3 Å². The SMILES string of the molecule is COc1ccc(C(=O)NC2CC2)c(-c2c(Cl)ccc3c2C[C@@](CN)(c2ccccc2)O3)c1F. The van der Waals surface area contributed by atoms with E-state index in [1.54, 1.807) is 18.2 Å². The van der Waals surface area contributed by atoms with E-state index in [0.29, 0.717) is 28.3 Å². The molecule has 3 N–H and O–H groups in total. The van der Waals surface area contributed by atoms with Gasteiger partial charge in [0.1, 0.15) is 5.75 Å². The lowest BCUT2D eigenvalue weighted by molar-refractivity contribution is 0.0951. The lowest BCUT2D eigenvalue weighted by atomic mass is 9.85. The number of hydrogen-bond acceptors (Lipinski definition) is 4. The molecule has 1 amide bonds. The van der Waals surface area contributed by atoms with Gasteiger partial charge in [-0.2, -0.15) is 0 Å². The molecule has 5 rings (SSSR count). The number of fused-ring (bicyclic) bond motifs is 1. The molecule has 0 radical (unpaired) electrons. The molecule has 1 saturated carbocycles. The minimum atomic E-state index is -0.811. The van der Waals surface area contributed by atoms with Crippen molar-refractivity contribution in [3.05, 3.63) is 82.1 Å². The van der Waals surface area contributed by atoms with Crippen molar-refractivity contribution in [1.82, 2.24) is 5.32 Å². The van der Waals surface area contributed by atoms with Gasteiger partial charge in [0, 0.05) is 40.7 Å². The molecule has 1 aliphatic heterocycles. The summed E-state index contributed by atoms with van der Waals surface area (Å²) in [5.74, 6) is -0.371. The summed E-state index contributed by atoms with van der Waals surface area (Å²) in [4.78, 5) is 13.0. The van der Waals surface area contributed by atoms with Crippen molar-refractivity contribution in [3.63, 3.8) is 0 Å². The molecule has 1 fully saturated rings. The number of carbonyl (C=O) groups is 1. The highest BCUT2D eigenvalue weighted by atomic mass is 35.5. The van der Waals surface area contributed by atoms with Crippen LogP contribution in [0.15, 0.2) is 54.6 Å². The predicted octanol–water partition coefficient (Wildman–Crippen LogP) is 4.84. The summed E-state index contributed by atoms with van der Waals surface area (Å²) in [6.07, 6.45) is 2.23. The fourth-order valence-electron chi connectivity index (χ4n) is 4.45. The number of amides is 1. The van der Waals surface area contributed by atoms with Gasteiger partial charge in [0.15, 0.2) is 17.2 Å². The fourth-order valence-corrected chi connectivity index (χ4v) is 4.72. The Hall–Kier alpha value is -3.09. The largest absolute Gasteiger partial charge is 0.494 e. The van der Waals surface area contributed by atoms with E-state index in [0.717, 1.165) is 18.4 Å². The van der Waals surface area contributed by atoms with Crippen LogP contribution in [-0.2, 0) is 12.0 Å². The first-order chi connectivity index (χ1) is 16.0. The Morgan fingerprint density at radius 1 is 1.18 bits per heavy atom. The van der Waals surface area contributed by atoms with Crippen LogP contribution in [-0.4, -0.2) is 25.6 Å². The Morgan fingerprint density at radius 3 is 2.61 bits per heavy atom. The molecule has 5 nitrogen and oxygen atoms in total.